The van der Waals surface area contributed by atoms with E-state index in [1.54, 1.807) is 6.07 Å². The van der Waals surface area contributed by atoms with Crippen molar-refractivity contribution in [2.75, 3.05) is 11.9 Å². The van der Waals surface area contributed by atoms with Crippen LogP contribution < -0.4 is 5.32 Å². The van der Waals surface area contributed by atoms with Gasteiger partial charge < -0.3 is 5.32 Å². The minimum atomic E-state index is -0.291. The lowest BCUT2D eigenvalue weighted by molar-refractivity contribution is 0.636. The summed E-state index contributed by atoms with van der Waals surface area (Å²) >= 11 is 3.43. The molecule has 0 saturated carbocycles. The summed E-state index contributed by atoms with van der Waals surface area (Å²) in [4.78, 5) is 4.23. The van der Waals surface area contributed by atoms with Gasteiger partial charge in [-0.25, -0.2) is 9.37 Å². The number of benzene rings is 1. The van der Waals surface area contributed by atoms with Gasteiger partial charge in [0.2, 0.25) is 0 Å². The first-order chi connectivity index (χ1) is 7.63. The van der Waals surface area contributed by atoms with Crippen LogP contribution in [0.2, 0.25) is 0 Å². The average Bonchev–Trinajstić information content (AvgIpc) is 2.23. The molecule has 2 rings (SSSR count). The highest BCUT2D eigenvalue weighted by Gasteiger charge is 2.10. The Balaban J connectivity index is 2.83. The molecule has 1 heterocycles. The lowest BCUT2D eigenvalue weighted by Crippen LogP contribution is -2.00. The van der Waals surface area contributed by atoms with Crippen LogP contribution in [0.25, 0.3) is 10.9 Å². The number of pyridine rings is 1. The summed E-state index contributed by atoms with van der Waals surface area (Å²) < 4.78 is 14.5. The first-order valence-corrected chi connectivity index (χ1v) is 5.92. The van der Waals surface area contributed by atoms with Crippen LogP contribution >= 0.6 is 15.9 Å². The van der Waals surface area contributed by atoms with E-state index in [9.17, 15) is 4.39 Å². The van der Waals surface area contributed by atoms with Gasteiger partial charge in [0.05, 0.1) is 0 Å². The van der Waals surface area contributed by atoms with E-state index in [4.69, 9.17) is 0 Å². The summed E-state index contributed by atoms with van der Waals surface area (Å²) in [5.41, 5.74) is 2.13. The lowest BCUT2D eigenvalue weighted by atomic mass is 10.1. The summed E-state index contributed by atoms with van der Waals surface area (Å²) in [6.07, 6.45) is 0. The smallest absolute Gasteiger partial charge is 0.149 e. The van der Waals surface area contributed by atoms with Gasteiger partial charge in [0.1, 0.15) is 11.3 Å². The van der Waals surface area contributed by atoms with Crippen LogP contribution in [0.1, 0.15) is 12.6 Å². The van der Waals surface area contributed by atoms with Crippen LogP contribution in [0.4, 0.5) is 10.1 Å². The number of nitrogens with one attached hydrogen (secondary N) is 1. The van der Waals surface area contributed by atoms with Crippen LogP contribution in [0.15, 0.2) is 22.7 Å². The molecule has 2 nitrogen and oxygen atoms in total. The molecule has 0 unspecified atom stereocenters. The van der Waals surface area contributed by atoms with E-state index in [2.05, 4.69) is 26.2 Å². The average molecular weight is 283 g/mol. The maximum absolute atomic E-state index is 13.7. The predicted octanol–water partition coefficient (Wildman–Crippen LogP) is 3.88. The minimum absolute atomic E-state index is 0.291. The van der Waals surface area contributed by atoms with Crippen molar-refractivity contribution in [3.63, 3.8) is 0 Å². The number of anilines is 1. The third-order valence-electron chi connectivity index (χ3n) is 2.36. The van der Waals surface area contributed by atoms with Crippen LogP contribution in [-0.4, -0.2) is 11.5 Å². The van der Waals surface area contributed by atoms with Crippen LogP contribution in [0.3, 0.4) is 0 Å². The number of halogens is 2. The summed E-state index contributed by atoms with van der Waals surface area (Å²) in [6, 6.07) is 5.06. The third-order valence-corrected chi connectivity index (χ3v) is 3.02. The molecule has 16 heavy (non-hydrogen) atoms. The fourth-order valence-corrected chi connectivity index (χ4v) is 2.26. The second-order valence-electron chi connectivity index (χ2n) is 3.59. The molecule has 84 valence electrons. The molecule has 0 radical (unpaired) electrons. The molecular formula is C12H12BrFN2. The maximum Gasteiger partial charge on any atom is 0.149 e. The van der Waals surface area contributed by atoms with Crippen molar-refractivity contribution in [2.45, 2.75) is 13.8 Å². The van der Waals surface area contributed by atoms with Crippen LogP contribution in [-0.2, 0) is 0 Å². The van der Waals surface area contributed by atoms with E-state index in [0.717, 1.165) is 27.8 Å². The first-order valence-electron chi connectivity index (χ1n) is 5.12. The number of hydrogen-bond acceptors (Lipinski definition) is 2. The third kappa shape index (κ3) is 1.89. The van der Waals surface area contributed by atoms with E-state index in [1.807, 2.05) is 19.9 Å². The number of nitrogens with zero attached hydrogens (tertiary/aromatic N) is 1. The van der Waals surface area contributed by atoms with E-state index in [0.29, 0.717) is 5.52 Å². The van der Waals surface area contributed by atoms with Crippen molar-refractivity contribution in [2.24, 2.45) is 0 Å². The molecule has 0 aliphatic heterocycles. The van der Waals surface area contributed by atoms with Gasteiger partial charge in [-0.05, 0) is 32.0 Å². The molecule has 1 N–H and O–H groups in total. The summed E-state index contributed by atoms with van der Waals surface area (Å²) in [6.45, 7) is 4.66. The zero-order chi connectivity index (χ0) is 11.7. The van der Waals surface area contributed by atoms with Gasteiger partial charge in [0.25, 0.3) is 0 Å². The molecule has 0 atom stereocenters. The highest BCUT2D eigenvalue weighted by molar-refractivity contribution is 9.10. The topological polar surface area (TPSA) is 24.9 Å². The van der Waals surface area contributed by atoms with Gasteiger partial charge in [0, 0.05) is 27.8 Å². The van der Waals surface area contributed by atoms with Crippen LogP contribution in [0, 0.1) is 12.7 Å². The monoisotopic (exact) mass is 282 g/mol. The molecule has 1 aromatic heterocycles. The fraction of sp³-hybridized carbons (Fsp3) is 0.250. The maximum atomic E-state index is 13.7. The molecular weight excluding hydrogens is 271 g/mol. The molecule has 0 spiro atoms. The van der Waals surface area contributed by atoms with E-state index < -0.39 is 0 Å². The molecule has 0 amide bonds. The Labute approximate surface area is 102 Å². The molecule has 2 aromatic rings. The van der Waals surface area contributed by atoms with Crippen molar-refractivity contribution in [3.05, 3.63) is 34.2 Å². The van der Waals surface area contributed by atoms with E-state index >= 15 is 0 Å². The van der Waals surface area contributed by atoms with Gasteiger partial charge >= 0.3 is 0 Å². The summed E-state index contributed by atoms with van der Waals surface area (Å²) in [7, 11) is 0. The molecule has 0 bridgehead atoms. The standard InChI is InChI=1S/C12H12BrFN2/c1-3-15-10-6-7(2)16-12-9(14)5-4-8(13)11(10)12/h4-6H,3H2,1-2H3,(H,15,16). The summed E-state index contributed by atoms with van der Waals surface area (Å²) in [5, 5.41) is 4.02. The second-order valence-corrected chi connectivity index (χ2v) is 4.45. The van der Waals surface area contributed by atoms with Crippen molar-refractivity contribution in [1.29, 1.82) is 0 Å². The van der Waals surface area contributed by atoms with Crippen molar-refractivity contribution < 1.29 is 4.39 Å². The second kappa shape index (κ2) is 4.37. The normalized spacial score (nSPS) is 10.8. The van der Waals surface area contributed by atoms with Crippen molar-refractivity contribution in [1.82, 2.24) is 4.98 Å². The number of rotatable bonds is 2. The van der Waals surface area contributed by atoms with E-state index in [1.165, 1.54) is 6.07 Å². The Morgan fingerprint density at radius 2 is 2.19 bits per heavy atom. The Morgan fingerprint density at radius 1 is 1.44 bits per heavy atom. The Morgan fingerprint density at radius 3 is 2.88 bits per heavy atom. The predicted molar refractivity (Wildman–Crippen MR) is 68.3 cm³/mol. The number of aryl methyl sites for hydroxylation is 1. The Hall–Kier alpha value is -1.16. The Bertz CT molecular complexity index is 540. The quantitative estimate of drug-likeness (QED) is 0.904. The van der Waals surface area contributed by atoms with E-state index in [-0.39, 0.29) is 5.82 Å². The Kier molecular flexibility index (Phi) is 3.10. The zero-order valence-corrected chi connectivity index (χ0v) is 10.7. The van der Waals surface area contributed by atoms with Crippen molar-refractivity contribution in [3.8, 4) is 0 Å². The zero-order valence-electron chi connectivity index (χ0n) is 9.14. The molecule has 1 aromatic carbocycles. The van der Waals surface area contributed by atoms with Gasteiger partial charge in [-0.1, -0.05) is 15.9 Å². The van der Waals surface area contributed by atoms with Gasteiger partial charge in [-0.2, -0.15) is 0 Å². The first kappa shape index (κ1) is 11.3. The molecule has 4 heteroatoms. The SMILES string of the molecule is CCNc1cc(C)nc2c(F)ccc(Br)c12. The molecule has 0 aliphatic carbocycles. The lowest BCUT2D eigenvalue weighted by Gasteiger charge is -2.10. The van der Waals surface area contributed by atoms with Gasteiger partial charge in [-0.15, -0.1) is 0 Å². The molecule has 0 fully saturated rings. The van der Waals surface area contributed by atoms with Crippen molar-refractivity contribution >= 4 is 32.5 Å². The highest BCUT2D eigenvalue weighted by Crippen LogP contribution is 2.31. The molecule has 0 aliphatic rings. The van der Waals surface area contributed by atoms with Gasteiger partial charge in [0.15, 0.2) is 0 Å². The summed E-state index contributed by atoms with van der Waals surface area (Å²) in [5.74, 6) is -0.291. The van der Waals surface area contributed by atoms with Gasteiger partial charge in [-0.3, -0.25) is 0 Å². The number of fused-ring (bicyclic) bond motifs is 1. The van der Waals surface area contributed by atoms with Crippen LogP contribution in [0.5, 0.6) is 0 Å². The number of hydrogen-bond donors (Lipinski definition) is 1. The fourth-order valence-electron chi connectivity index (χ4n) is 1.73. The largest absolute Gasteiger partial charge is 0.385 e. The number of aromatic nitrogens is 1. The molecule has 0 saturated heterocycles. The highest BCUT2D eigenvalue weighted by atomic mass is 79.9. The minimum Gasteiger partial charge on any atom is -0.385 e.